The third-order valence-electron chi connectivity index (χ3n) is 4.09. The van der Waals surface area contributed by atoms with Crippen molar-refractivity contribution in [1.82, 2.24) is 9.38 Å². The van der Waals surface area contributed by atoms with E-state index in [0.717, 1.165) is 23.0 Å². The van der Waals surface area contributed by atoms with Gasteiger partial charge in [0.25, 0.3) is 5.56 Å². The Bertz CT molecular complexity index is 1190. The van der Waals surface area contributed by atoms with Crippen LogP contribution in [0.25, 0.3) is 22.1 Å². The molecule has 6 heteroatoms. The topological polar surface area (TPSA) is 52.8 Å². The number of rotatable bonds is 5. The van der Waals surface area contributed by atoms with Crippen molar-refractivity contribution in [3.05, 3.63) is 62.9 Å². The molecule has 0 fully saturated rings. The van der Waals surface area contributed by atoms with Gasteiger partial charge in [0.1, 0.15) is 0 Å². The molecule has 0 radical (unpaired) electrons. The van der Waals surface area contributed by atoms with Gasteiger partial charge in [-0.2, -0.15) is 0 Å². The van der Waals surface area contributed by atoms with Gasteiger partial charge in [0, 0.05) is 0 Å². The van der Waals surface area contributed by atoms with Crippen LogP contribution in [0.15, 0.2) is 47.3 Å². The van der Waals surface area contributed by atoms with E-state index >= 15 is 0 Å². The molecule has 2 heterocycles. The van der Waals surface area contributed by atoms with E-state index in [4.69, 9.17) is 9.47 Å². The van der Waals surface area contributed by atoms with Crippen LogP contribution in [0, 0.1) is 0 Å². The Morgan fingerprint density at radius 2 is 2.04 bits per heavy atom. The van der Waals surface area contributed by atoms with Crippen LogP contribution in [-0.4, -0.2) is 23.1 Å². The van der Waals surface area contributed by atoms with E-state index < -0.39 is 0 Å². The van der Waals surface area contributed by atoms with Gasteiger partial charge in [-0.25, -0.2) is 9.38 Å². The molecule has 0 bridgehead atoms. The zero-order chi connectivity index (χ0) is 18.1. The number of hydrogen-bond acceptors (Lipinski definition) is 5. The molecule has 0 saturated carbocycles. The molecule has 0 spiro atoms. The highest BCUT2D eigenvalue weighted by molar-refractivity contribution is 7.15. The number of ether oxygens (including phenoxy) is 2. The summed E-state index contributed by atoms with van der Waals surface area (Å²) in [6.07, 6.45) is 2.79. The Morgan fingerprint density at radius 3 is 2.85 bits per heavy atom. The Morgan fingerprint density at radius 1 is 1.19 bits per heavy atom. The van der Waals surface area contributed by atoms with Crippen molar-refractivity contribution < 1.29 is 9.47 Å². The molecule has 0 unspecified atom stereocenters. The molecule has 2 aromatic carbocycles. The van der Waals surface area contributed by atoms with Crippen LogP contribution in [0.5, 0.6) is 11.5 Å². The highest BCUT2D eigenvalue weighted by Crippen LogP contribution is 2.28. The molecule has 4 aromatic rings. The van der Waals surface area contributed by atoms with Gasteiger partial charge in [0.15, 0.2) is 16.5 Å². The number of hydrogen-bond donors (Lipinski definition) is 0. The highest BCUT2D eigenvalue weighted by atomic mass is 32.1. The molecule has 4 rings (SSSR count). The Balaban J connectivity index is 1.81. The van der Waals surface area contributed by atoms with Crippen molar-refractivity contribution in [3.63, 3.8) is 0 Å². The minimum atomic E-state index is -0.0519. The van der Waals surface area contributed by atoms with Gasteiger partial charge >= 0.3 is 0 Å². The van der Waals surface area contributed by atoms with Crippen molar-refractivity contribution in [1.29, 1.82) is 0 Å². The maximum absolute atomic E-state index is 12.8. The van der Waals surface area contributed by atoms with Crippen LogP contribution < -0.4 is 19.6 Å². The Kier molecular flexibility index (Phi) is 4.34. The number of imidazole rings is 1. The molecule has 26 heavy (non-hydrogen) atoms. The van der Waals surface area contributed by atoms with E-state index in [9.17, 15) is 4.79 Å². The molecule has 5 nitrogen and oxygen atoms in total. The van der Waals surface area contributed by atoms with E-state index in [2.05, 4.69) is 11.9 Å². The Labute approximate surface area is 154 Å². The predicted octanol–water partition coefficient (Wildman–Crippen LogP) is 3.25. The molecule has 0 aliphatic rings. The number of fused-ring (bicyclic) bond motifs is 3. The first-order valence-corrected chi connectivity index (χ1v) is 9.25. The van der Waals surface area contributed by atoms with Crippen LogP contribution in [0.2, 0.25) is 0 Å². The monoisotopic (exact) mass is 366 g/mol. The van der Waals surface area contributed by atoms with Crippen LogP contribution in [-0.2, 0) is 0 Å². The van der Waals surface area contributed by atoms with Crippen molar-refractivity contribution in [2.75, 3.05) is 13.7 Å². The average molecular weight is 366 g/mol. The number of para-hydroxylation sites is 2. The summed E-state index contributed by atoms with van der Waals surface area (Å²) in [6.45, 7) is 2.70. The van der Waals surface area contributed by atoms with Gasteiger partial charge in [-0.05, 0) is 42.3 Å². The molecule has 2 aromatic heterocycles. The molecule has 0 aliphatic carbocycles. The lowest BCUT2D eigenvalue weighted by Crippen LogP contribution is -2.22. The van der Waals surface area contributed by atoms with E-state index in [-0.39, 0.29) is 5.56 Å². The quantitative estimate of drug-likeness (QED) is 0.544. The van der Waals surface area contributed by atoms with E-state index in [1.165, 1.54) is 11.3 Å². The zero-order valence-corrected chi connectivity index (χ0v) is 15.4. The first-order valence-electron chi connectivity index (χ1n) is 8.44. The van der Waals surface area contributed by atoms with Crippen LogP contribution in [0.4, 0.5) is 0 Å². The maximum atomic E-state index is 12.8. The molecular weight excluding hydrogens is 348 g/mol. The predicted molar refractivity (Wildman–Crippen MR) is 104 cm³/mol. The molecule has 0 atom stereocenters. The number of aromatic nitrogens is 2. The lowest BCUT2D eigenvalue weighted by molar-refractivity contribution is 0.294. The summed E-state index contributed by atoms with van der Waals surface area (Å²) >= 11 is 1.39. The van der Waals surface area contributed by atoms with Crippen molar-refractivity contribution in [2.24, 2.45) is 0 Å². The molecule has 0 saturated heterocycles. The third-order valence-corrected chi connectivity index (χ3v) is 5.06. The summed E-state index contributed by atoms with van der Waals surface area (Å²) in [5, 5.41) is 0. The van der Waals surface area contributed by atoms with E-state index in [0.29, 0.717) is 27.6 Å². The van der Waals surface area contributed by atoms with Gasteiger partial charge in [-0.3, -0.25) is 4.79 Å². The smallest absolute Gasteiger partial charge is 0.274 e. The lowest BCUT2D eigenvalue weighted by Gasteiger charge is -2.10. The average Bonchev–Trinajstić information content (AvgIpc) is 3.17. The number of thiazole rings is 1. The summed E-state index contributed by atoms with van der Waals surface area (Å²) in [6, 6.07) is 13.3. The third kappa shape index (κ3) is 2.82. The fraction of sp³-hybridized carbons (Fsp3) is 0.200. The number of methoxy groups -OCH3 is 1. The second-order valence-corrected chi connectivity index (χ2v) is 6.90. The summed E-state index contributed by atoms with van der Waals surface area (Å²) in [5.74, 6) is 1.37. The highest BCUT2D eigenvalue weighted by Gasteiger charge is 2.11. The number of benzene rings is 2. The standard InChI is InChI=1S/C20H18N2O3S/c1-3-10-25-16-9-8-13(11-17(16)24-2)12-18-19(23)22-15-7-5-4-6-14(15)21-20(22)26-18/h4-9,11-12H,3,10H2,1-2H3. The van der Waals surface area contributed by atoms with Gasteiger partial charge < -0.3 is 9.47 Å². The minimum absolute atomic E-state index is 0.0519. The molecule has 0 aliphatic heterocycles. The fourth-order valence-electron chi connectivity index (χ4n) is 2.87. The summed E-state index contributed by atoms with van der Waals surface area (Å²) in [4.78, 5) is 18.1. The maximum Gasteiger partial charge on any atom is 0.274 e. The summed E-state index contributed by atoms with van der Waals surface area (Å²) < 4.78 is 13.4. The van der Waals surface area contributed by atoms with E-state index in [1.807, 2.05) is 48.5 Å². The Hall–Kier alpha value is -2.86. The van der Waals surface area contributed by atoms with Crippen molar-refractivity contribution in [3.8, 4) is 11.5 Å². The summed E-state index contributed by atoms with van der Waals surface area (Å²) in [5.41, 5.74) is 2.51. The van der Waals surface area contributed by atoms with Crippen LogP contribution in [0.1, 0.15) is 18.9 Å². The van der Waals surface area contributed by atoms with E-state index in [1.54, 1.807) is 11.5 Å². The van der Waals surface area contributed by atoms with Crippen molar-refractivity contribution >= 4 is 33.4 Å². The first kappa shape index (κ1) is 16.6. The SMILES string of the molecule is CCCOc1ccc(C=c2sc3nc4ccccc4n3c2=O)cc1OC. The largest absolute Gasteiger partial charge is 0.493 e. The normalized spacial score (nSPS) is 12.2. The first-order chi connectivity index (χ1) is 12.7. The van der Waals surface area contributed by atoms with Gasteiger partial charge in [-0.15, -0.1) is 0 Å². The molecular formula is C20H18N2O3S. The second-order valence-electron chi connectivity index (χ2n) is 5.89. The van der Waals surface area contributed by atoms with Crippen LogP contribution >= 0.6 is 11.3 Å². The molecule has 0 amide bonds. The fourth-order valence-corrected chi connectivity index (χ4v) is 3.86. The van der Waals surface area contributed by atoms with Gasteiger partial charge in [0.05, 0.1) is 29.3 Å². The second kappa shape index (κ2) is 6.80. The minimum Gasteiger partial charge on any atom is -0.493 e. The molecule has 0 N–H and O–H groups in total. The zero-order valence-electron chi connectivity index (χ0n) is 14.6. The van der Waals surface area contributed by atoms with Gasteiger partial charge in [-0.1, -0.05) is 36.5 Å². The van der Waals surface area contributed by atoms with Crippen molar-refractivity contribution in [2.45, 2.75) is 13.3 Å². The summed E-state index contributed by atoms with van der Waals surface area (Å²) in [7, 11) is 1.61. The van der Waals surface area contributed by atoms with Crippen LogP contribution in [0.3, 0.4) is 0 Å². The van der Waals surface area contributed by atoms with Gasteiger partial charge in [0.2, 0.25) is 0 Å². The molecule has 132 valence electrons. The number of nitrogens with zero attached hydrogens (tertiary/aromatic N) is 2. The lowest BCUT2D eigenvalue weighted by atomic mass is 10.2.